The van der Waals surface area contributed by atoms with Crippen molar-refractivity contribution in [1.29, 1.82) is 5.41 Å². The summed E-state index contributed by atoms with van der Waals surface area (Å²) in [5.74, 6) is 0.0505. The van der Waals surface area contributed by atoms with Gasteiger partial charge in [0.05, 0.1) is 4.90 Å². The van der Waals surface area contributed by atoms with Gasteiger partial charge in [-0.15, -0.1) is 0 Å². The molecule has 0 aromatic heterocycles. The lowest BCUT2D eigenvalue weighted by Gasteiger charge is -2.11. The maximum atomic E-state index is 11.9. The van der Waals surface area contributed by atoms with Crippen LogP contribution in [-0.2, 0) is 16.6 Å². The quantitative estimate of drug-likeness (QED) is 0.272. The number of nitrogen functional groups attached to an aromatic ring is 1. The monoisotopic (exact) mass is 430 g/mol. The van der Waals surface area contributed by atoms with E-state index in [9.17, 15) is 8.42 Å². The predicted octanol–water partition coefficient (Wildman–Crippen LogP) is 4.05. The summed E-state index contributed by atoms with van der Waals surface area (Å²) in [7, 11) is -3.80. The first kappa shape index (κ1) is 20.6. The zero-order valence-electron chi connectivity index (χ0n) is 16.7. The zero-order valence-corrected chi connectivity index (χ0v) is 17.5. The molecule has 0 spiro atoms. The number of nitrogens with one attached hydrogen (secondary N) is 2. The molecule has 31 heavy (non-hydrogen) atoms. The van der Waals surface area contributed by atoms with Gasteiger partial charge in [-0.05, 0) is 52.2 Å². The van der Waals surface area contributed by atoms with Crippen LogP contribution in [0.3, 0.4) is 0 Å². The number of sulfonamides is 1. The Bertz CT molecular complexity index is 1380. The number of nitrogens with two attached hydrogens (primary N) is 2. The highest BCUT2D eigenvalue weighted by Crippen LogP contribution is 2.28. The molecule has 0 heterocycles. The topological polar surface area (TPSA) is 122 Å². The van der Waals surface area contributed by atoms with E-state index in [2.05, 4.69) is 17.4 Å². The molecule has 4 aromatic carbocycles. The maximum absolute atomic E-state index is 11.9. The van der Waals surface area contributed by atoms with Crippen molar-refractivity contribution in [3.63, 3.8) is 0 Å². The van der Waals surface area contributed by atoms with Crippen molar-refractivity contribution < 1.29 is 8.42 Å². The van der Waals surface area contributed by atoms with Gasteiger partial charge in [0.25, 0.3) is 0 Å². The summed E-state index contributed by atoms with van der Waals surface area (Å²) in [5.41, 5.74) is 9.65. The smallest absolute Gasteiger partial charge is 0.238 e. The average Bonchev–Trinajstić information content (AvgIpc) is 2.77. The van der Waals surface area contributed by atoms with Crippen molar-refractivity contribution in [2.75, 3.05) is 5.32 Å². The van der Waals surface area contributed by atoms with Crippen molar-refractivity contribution in [3.05, 3.63) is 96.1 Å². The van der Waals surface area contributed by atoms with Crippen LogP contribution in [0.15, 0.2) is 89.8 Å². The minimum Gasteiger partial charge on any atom is -0.384 e. The molecule has 0 aliphatic rings. The molecule has 0 bridgehead atoms. The second-order valence-electron chi connectivity index (χ2n) is 7.28. The molecule has 6 N–H and O–H groups in total. The van der Waals surface area contributed by atoms with Crippen molar-refractivity contribution in [2.45, 2.75) is 11.4 Å². The number of anilines is 1. The molecule has 0 radical (unpaired) electrons. The Balaban J connectivity index is 1.52. The summed E-state index contributed by atoms with van der Waals surface area (Å²) in [6.07, 6.45) is 0. The molecule has 0 saturated carbocycles. The maximum Gasteiger partial charge on any atom is 0.238 e. The molecular formula is C24H22N4O2S. The number of primary sulfonamides is 1. The summed E-state index contributed by atoms with van der Waals surface area (Å²) in [6.45, 7) is 0.618. The average molecular weight is 431 g/mol. The van der Waals surface area contributed by atoms with Gasteiger partial charge in [0, 0.05) is 23.4 Å². The first-order valence-electron chi connectivity index (χ1n) is 9.64. The van der Waals surface area contributed by atoms with Gasteiger partial charge in [0.2, 0.25) is 10.0 Å². The third kappa shape index (κ3) is 4.58. The lowest BCUT2D eigenvalue weighted by atomic mass is 10.0. The molecule has 0 unspecified atom stereocenters. The number of hydrogen-bond acceptors (Lipinski definition) is 4. The largest absolute Gasteiger partial charge is 0.384 e. The van der Waals surface area contributed by atoms with E-state index in [0.717, 1.165) is 27.6 Å². The van der Waals surface area contributed by atoms with Crippen LogP contribution >= 0.6 is 0 Å². The Hall–Kier alpha value is -3.68. The lowest BCUT2D eigenvalue weighted by molar-refractivity contribution is 0.598. The second kappa shape index (κ2) is 8.22. The third-order valence-corrected chi connectivity index (χ3v) is 6.07. The highest BCUT2D eigenvalue weighted by atomic mass is 32.2. The minimum atomic E-state index is -3.80. The van der Waals surface area contributed by atoms with Crippen LogP contribution < -0.4 is 16.2 Å². The summed E-state index contributed by atoms with van der Waals surface area (Å²) in [6, 6.07) is 26.1. The molecular weight excluding hydrogens is 408 g/mol. The number of rotatable bonds is 6. The highest BCUT2D eigenvalue weighted by Gasteiger charge is 2.14. The Morgan fingerprint density at radius 2 is 1.58 bits per heavy atom. The van der Waals surface area contributed by atoms with Gasteiger partial charge in [-0.25, -0.2) is 13.6 Å². The van der Waals surface area contributed by atoms with Gasteiger partial charge in [0.1, 0.15) is 5.84 Å². The van der Waals surface area contributed by atoms with Crippen LogP contribution in [0.25, 0.3) is 21.9 Å². The molecule has 156 valence electrons. The molecule has 7 heteroatoms. The van der Waals surface area contributed by atoms with Gasteiger partial charge in [0.15, 0.2) is 0 Å². The molecule has 0 amide bonds. The van der Waals surface area contributed by atoms with E-state index in [1.54, 1.807) is 18.2 Å². The summed E-state index contributed by atoms with van der Waals surface area (Å²) >= 11 is 0. The van der Waals surface area contributed by atoms with Crippen molar-refractivity contribution in [2.24, 2.45) is 10.9 Å². The highest BCUT2D eigenvalue weighted by molar-refractivity contribution is 7.89. The third-order valence-electron chi connectivity index (χ3n) is 5.10. The fraction of sp³-hybridized carbons (Fsp3) is 0.0417. The number of fused-ring (bicyclic) bond motifs is 1. The molecule has 0 saturated heterocycles. The van der Waals surface area contributed by atoms with Crippen LogP contribution in [0, 0.1) is 5.41 Å². The fourth-order valence-electron chi connectivity index (χ4n) is 3.50. The Morgan fingerprint density at radius 3 is 2.29 bits per heavy atom. The standard InChI is InChI=1S/C24H22N4O2S/c25-24(26)19-8-7-17-6-5-16(13-20(17)14-19)15-28-21-11-9-18(10-12-21)22-3-1-2-4-23(22)31(27,29)30/h1-14,28H,15H2,(H3,25,26)(H2,27,29,30). The van der Waals surface area contributed by atoms with Crippen molar-refractivity contribution >= 4 is 32.3 Å². The van der Waals surface area contributed by atoms with Gasteiger partial charge in [-0.2, -0.15) is 0 Å². The molecule has 4 aromatic rings. The van der Waals surface area contributed by atoms with E-state index in [1.807, 2.05) is 48.5 Å². The van der Waals surface area contributed by atoms with Gasteiger partial charge < -0.3 is 11.1 Å². The minimum absolute atomic E-state index is 0.0505. The zero-order chi connectivity index (χ0) is 22.0. The molecule has 0 fully saturated rings. The first-order valence-corrected chi connectivity index (χ1v) is 11.2. The normalized spacial score (nSPS) is 11.4. The second-order valence-corrected chi connectivity index (χ2v) is 8.81. The summed E-state index contributed by atoms with van der Waals surface area (Å²) in [5, 5.41) is 18.4. The van der Waals surface area contributed by atoms with Gasteiger partial charge in [-0.1, -0.05) is 54.6 Å². The Labute approximate surface area is 181 Å². The van der Waals surface area contributed by atoms with Crippen LogP contribution in [0.2, 0.25) is 0 Å². The van der Waals surface area contributed by atoms with Crippen LogP contribution in [0.4, 0.5) is 5.69 Å². The summed E-state index contributed by atoms with van der Waals surface area (Å²) < 4.78 is 23.7. The number of benzene rings is 4. The summed E-state index contributed by atoms with van der Waals surface area (Å²) in [4.78, 5) is 0.108. The SMILES string of the molecule is N=C(N)c1ccc2ccc(CNc3ccc(-c4ccccc4S(N)(=O)=O)cc3)cc2c1. The number of hydrogen-bond donors (Lipinski definition) is 4. The Kier molecular flexibility index (Phi) is 5.46. The van der Waals surface area contributed by atoms with Gasteiger partial charge in [-0.3, -0.25) is 5.41 Å². The van der Waals surface area contributed by atoms with E-state index < -0.39 is 10.0 Å². The van der Waals surface area contributed by atoms with E-state index in [0.29, 0.717) is 17.7 Å². The van der Waals surface area contributed by atoms with E-state index in [-0.39, 0.29) is 10.7 Å². The Morgan fingerprint density at radius 1 is 0.871 bits per heavy atom. The van der Waals surface area contributed by atoms with Gasteiger partial charge >= 0.3 is 0 Å². The molecule has 0 atom stereocenters. The van der Waals surface area contributed by atoms with Crippen molar-refractivity contribution in [1.82, 2.24) is 0 Å². The van der Waals surface area contributed by atoms with E-state index >= 15 is 0 Å². The fourth-order valence-corrected chi connectivity index (χ4v) is 4.26. The number of amidine groups is 1. The molecule has 0 aliphatic heterocycles. The van der Waals surface area contributed by atoms with E-state index in [4.69, 9.17) is 16.3 Å². The van der Waals surface area contributed by atoms with Crippen LogP contribution in [0.5, 0.6) is 0 Å². The van der Waals surface area contributed by atoms with Crippen LogP contribution in [-0.4, -0.2) is 14.3 Å². The lowest BCUT2D eigenvalue weighted by Crippen LogP contribution is -2.13. The molecule has 4 rings (SSSR count). The molecule has 0 aliphatic carbocycles. The van der Waals surface area contributed by atoms with E-state index in [1.165, 1.54) is 6.07 Å². The molecule has 6 nitrogen and oxygen atoms in total. The van der Waals surface area contributed by atoms with Crippen molar-refractivity contribution in [3.8, 4) is 11.1 Å². The van der Waals surface area contributed by atoms with Crippen LogP contribution in [0.1, 0.15) is 11.1 Å². The predicted molar refractivity (Wildman–Crippen MR) is 126 cm³/mol. The first-order chi connectivity index (χ1) is 14.8.